The third-order valence-corrected chi connectivity index (χ3v) is 3.49. The van der Waals surface area contributed by atoms with Gasteiger partial charge in [-0.1, -0.05) is 0 Å². The van der Waals surface area contributed by atoms with Gasteiger partial charge in [-0.3, -0.25) is 0 Å². The van der Waals surface area contributed by atoms with E-state index < -0.39 is 5.97 Å². The van der Waals surface area contributed by atoms with Gasteiger partial charge in [0.25, 0.3) is 0 Å². The Morgan fingerprint density at radius 1 is 1.28 bits per heavy atom. The van der Waals surface area contributed by atoms with E-state index in [0.717, 1.165) is 4.90 Å². The van der Waals surface area contributed by atoms with Gasteiger partial charge in [0.15, 0.2) is 0 Å². The molecule has 1 N–H and O–H groups in total. The maximum atomic E-state index is 12.7. The lowest BCUT2D eigenvalue weighted by molar-refractivity contribution is 0.0660. The third kappa shape index (κ3) is 2.92. The Morgan fingerprint density at radius 3 is 2.50 bits per heavy atom. The Morgan fingerprint density at radius 2 is 1.94 bits per heavy atom. The second-order valence-electron chi connectivity index (χ2n) is 3.72. The van der Waals surface area contributed by atoms with Crippen molar-refractivity contribution in [1.82, 2.24) is 0 Å². The molecule has 1 heterocycles. The molecule has 1 atom stereocenters. The average molecular weight is 266 g/mol. The molecule has 0 spiro atoms. The molecule has 1 aromatic carbocycles. The van der Waals surface area contributed by atoms with Crippen molar-refractivity contribution in [3.63, 3.8) is 0 Å². The number of carbonyl (C=O) groups is 1. The van der Waals surface area contributed by atoms with Gasteiger partial charge in [-0.25, -0.2) is 9.18 Å². The summed E-state index contributed by atoms with van der Waals surface area (Å²) in [5, 5.41) is 8.72. The van der Waals surface area contributed by atoms with E-state index >= 15 is 0 Å². The van der Waals surface area contributed by atoms with Crippen molar-refractivity contribution >= 4 is 17.7 Å². The predicted molar refractivity (Wildman–Crippen MR) is 66.3 cm³/mol. The quantitative estimate of drug-likeness (QED) is 0.851. The zero-order valence-corrected chi connectivity index (χ0v) is 10.4. The minimum atomic E-state index is -1.08. The lowest BCUT2D eigenvalue weighted by Crippen LogP contribution is -1.92. The van der Waals surface area contributed by atoms with Crippen LogP contribution < -0.4 is 0 Å². The van der Waals surface area contributed by atoms with Crippen LogP contribution in [0.5, 0.6) is 0 Å². The van der Waals surface area contributed by atoms with Crippen LogP contribution in [0, 0.1) is 5.82 Å². The monoisotopic (exact) mass is 266 g/mol. The number of benzene rings is 1. The van der Waals surface area contributed by atoms with E-state index in [0.29, 0.717) is 5.76 Å². The SMILES string of the molecule is CC(Sc1ccc(F)cc1)c1ccc(C(=O)O)o1. The zero-order chi connectivity index (χ0) is 13.1. The Labute approximate surface area is 108 Å². The number of hydrogen-bond acceptors (Lipinski definition) is 3. The van der Waals surface area contributed by atoms with E-state index in [4.69, 9.17) is 9.52 Å². The molecule has 94 valence electrons. The summed E-state index contributed by atoms with van der Waals surface area (Å²) >= 11 is 1.48. The fourth-order valence-corrected chi connectivity index (χ4v) is 2.41. The second kappa shape index (κ2) is 5.27. The number of aromatic carboxylic acids is 1. The molecule has 0 amide bonds. The topological polar surface area (TPSA) is 50.4 Å². The van der Waals surface area contributed by atoms with Gasteiger partial charge >= 0.3 is 5.97 Å². The highest BCUT2D eigenvalue weighted by Crippen LogP contribution is 2.35. The van der Waals surface area contributed by atoms with Crippen molar-refractivity contribution in [2.75, 3.05) is 0 Å². The predicted octanol–water partition coefficient (Wildman–Crippen LogP) is 3.97. The number of carboxylic acids is 1. The molecule has 2 rings (SSSR count). The van der Waals surface area contributed by atoms with Crippen LogP contribution in [-0.2, 0) is 0 Å². The number of furan rings is 1. The molecule has 5 heteroatoms. The maximum absolute atomic E-state index is 12.7. The largest absolute Gasteiger partial charge is 0.475 e. The van der Waals surface area contributed by atoms with E-state index in [2.05, 4.69) is 0 Å². The smallest absolute Gasteiger partial charge is 0.371 e. The van der Waals surface area contributed by atoms with Crippen molar-refractivity contribution in [2.24, 2.45) is 0 Å². The van der Waals surface area contributed by atoms with E-state index in [-0.39, 0.29) is 16.8 Å². The van der Waals surface area contributed by atoms with Crippen LogP contribution in [0.2, 0.25) is 0 Å². The van der Waals surface area contributed by atoms with Gasteiger partial charge in [-0.2, -0.15) is 0 Å². The molecule has 0 saturated carbocycles. The Bertz CT molecular complexity index is 548. The first kappa shape index (κ1) is 12.7. The molecule has 0 radical (unpaired) electrons. The average Bonchev–Trinajstić information content (AvgIpc) is 2.81. The van der Waals surface area contributed by atoms with Gasteiger partial charge in [-0.05, 0) is 43.3 Å². The number of rotatable bonds is 4. The Kier molecular flexibility index (Phi) is 3.72. The lowest BCUT2D eigenvalue weighted by atomic mass is 10.3. The van der Waals surface area contributed by atoms with E-state index in [1.54, 1.807) is 18.2 Å². The summed E-state index contributed by atoms with van der Waals surface area (Å²) in [4.78, 5) is 11.6. The molecule has 18 heavy (non-hydrogen) atoms. The molecule has 0 aliphatic heterocycles. The molecule has 0 saturated heterocycles. The van der Waals surface area contributed by atoms with Crippen LogP contribution in [0.3, 0.4) is 0 Å². The van der Waals surface area contributed by atoms with Crippen LogP contribution in [0.25, 0.3) is 0 Å². The minimum Gasteiger partial charge on any atom is -0.475 e. The van der Waals surface area contributed by atoms with Crippen LogP contribution in [-0.4, -0.2) is 11.1 Å². The van der Waals surface area contributed by atoms with E-state index in [1.165, 1.54) is 30.0 Å². The lowest BCUT2D eigenvalue weighted by Gasteiger charge is -2.07. The Balaban J connectivity index is 2.09. The summed E-state index contributed by atoms with van der Waals surface area (Å²) < 4.78 is 18.0. The molecule has 1 aromatic heterocycles. The van der Waals surface area contributed by atoms with Gasteiger partial charge < -0.3 is 9.52 Å². The maximum Gasteiger partial charge on any atom is 0.371 e. The molecule has 0 fully saturated rings. The van der Waals surface area contributed by atoms with Crippen molar-refractivity contribution < 1.29 is 18.7 Å². The van der Waals surface area contributed by atoms with Gasteiger partial charge in [0.1, 0.15) is 11.6 Å². The molecule has 2 aromatic rings. The molecule has 0 aliphatic rings. The normalized spacial score (nSPS) is 12.3. The Hall–Kier alpha value is -1.75. The van der Waals surface area contributed by atoms with Crippen LogP contribution in [0.4, 0.5) is 4.39 Å². The van der Waals surface area contributed by atoms with Crippen LogP contribution in [0.1, 0.15) is 28.5 Å². The molecule has 0 aliphatic carbocycles. The first-order valence-electron chi connectivity index (χ1n) is 5.31. The number of carboxylic acid groups (broad SMARTS) is 1. The summed E-state index contributed by atoms with van der Waals surface area (Å²) in [6, 6.07) is 9.21. The van der Waals surface area contributed by atoms with Crippen LogP contribution in [0.15, 0.2) is 45.7 Å². The highest BCUT2D eigenvalue weighted by Gasteiger charge is 2.15. The fourth-order valence-electron chi connectivity index (χ4n) is 1.46. The summed E-state index contributed by atoms with van der Waals surface area (Å²) in [5.74, 6) is -0.850. The number of halogens is 1. The zero-order valence-electron chi connectivity index (χ0n) is 9.59. The summed E-state index contributed by atoms with van der Waals surface area (Å²) in [6.45, 7) is 1.90. The van der Waals surface area contributed by atoms with Gasteiger partial charge in [0, 0.05) is 4.90 Å². The van der Waals surface area contributed by atoms with Crippen molar-refractivity contribution in [3.8, 4) is 0 Å². The van der Waals surface area contributed by atoms with E-state index in [9.17, 15) is 9.18 Å². The van der Waals surface area contributed by atoms with Crippen molar-refractivity contribution in [3.05, 3.63) is 53.7 Å². The molecule has 1 unspecified atom stereocenters. The number of hydrogen-bond donors (Lipinski definition) is 1. The minimum absolute atomic E-state index is 0.0384. The third-order valence-electron chi connectivity index (χ3n) is 2.36. The summed E-state index contributed by atoms with van der Waals surface area (Å²) in [7, 11) is 0. The van der Waals surface area contributed by atoms with Gasteiger partial charge in [-0.15, -0.1) is 11.8 Å². The van der Waals surface area contributed by atoms with Gasteiger partial charge in [0.05, 0.1) is 5.25 Å². The highest BCUT2D eigenvalue weighted by atomic mass is 32.2. The molecular weight excluding hydrogens is 255 g/mol. The molecule has 0 bridgehead atoms. The first-order valence-corrected chi connectivity index (χ1v) is 6.19. The fraction of sp³-hybridized carbons (Fsp3) is 0.154. The van der Waals surface area contributed by atoms with Crippen LogP contribution >= 0.6 is 11.8 Å². The number of thioether (sulfide) groups is 1. The van der Waals surface area contributed by atoms with Crippen molar-refractivity contribution in [2.45, 2.75) is 17.1 Å². The van der Waals surface area contributed by atoms with Crippen molar-refractivity contribution in [1.29, 1.82) is 0 Å². The highest BCUT2D eigenvalue weighted by molar-refractivity contribution is 7.99. The standard InChI is InChI=1S/C13H11FO3S/c1-8(11-6-7-12(17-11)13(15)16)18-10-4-2-9(14)3-5-10/h2-8H,1H3,(H,15,16). The van der Waals surface area contributed by atoms with E-state index in [1.807, 2.05) is 6.92 Å². The summed E-state index contributed by atoms with van der Waals surface area (Å²) in [6.07, 6.45) is 0. The van der Waals surface area contributed by atoms with Gasteiger partial charge in [0.2, 0.25) is 5.76 Å². The first-order chi connectivity index (χ1) is 8.56. The summed E-state index contributed by atoms with van der Waals surface area (Å²) in [5.41, 5.74) is 0. The molecular formula is C13H11FO3S. The second-order valence-corrected chi connectivity index (χ2v) is 5.14. The molecule has 3 nitrogen and oxygen atoms in total.